The van der Waals surface area contributed by atoms with Gasteiger partial charge in [0, 0.05) is 12.1 Å². The Hall–Kier alpha value is -3.80. The number of ether oxygens (including phenoxy) is 1. The Labute approximate surface area is 192 Å². The molecule has 3 aromatic rings. The first kappa shape index (κ1) is 21.1. The first-order valence-electron chi connectivity index (χ1n) is 11.1. The molecule has 1 atom stereocenters. The van der Waals surface area contributed by atoms with Gasteiger partial charge in [0.15, 0.2) is 0 Å². The maximum Gasteiger partial charge on any atom is 0.296 e. The Bertz CT molecular complexity index is 1270. The predicted molar refractivity (Wildman–Crippen MR) is 123 cm³/mol. The predicted octanol–water partition coefficient (Wildman–Crippen LogP) is 4.84. The Morgan fingerprint density at radius 1 is 1.12 bits per heavy atom. The van der Waals surface area contributed by atoms with Gasteiger partial charge in [-0.25, -0.2) is 0 Å². The first-order chi connectivity index (χ1) is 15.9. The molecule has 0 spiro atoms. The number of amides is 1. The van der Waals surface area contributed by atoms with E-state index in [0.29, 0.717) is 17.9 Å². The van der Waals surface area contributed by atoms with Crippen LogP contribution in [0, 0.1) is 13.8 Å². The maximum atomic E-state index is 13.2. The summed E-state index contributed by atoms with van der Waals surface area (Å²) in [6, 6.07) is 14.0. The molecule has 1 fully saturated rings. The summed E-state index contributed by atoms with van der Waals surface area (Å²) in [5, 5.41) is 11.3. The van der Waals surface area contributed by atoms with Gasteiger partial charge >= 0.3 is 0 Å². The first-order valence-corrected chi connectivity index (χ1v) is 11.1. The number of hydrogen-bond donors (Lipinski definition) is 1. The zero-order valence-electron chi connectivity index (χ0n) is 18.6. The Balaban J connectivity index is 1.61. The van der Waals surface area contributed by atoms with Gasteiger partial charge in [0.2, 0.25) is 0 Å². The third kappa shape index (κ3) is 3.71. The van der Waals surface area contributed by atoms with Crippen LogP contribution in [-0.4, -0.2) is 28.3 Å². The Morgan fingerprint density at radius 3 is 2.76 bits per heavy atom. The third-order valence-electron chi connectivity index (χ3n) is 6.38. The summed E-state index contributed by atoms with van der Waals surface area (Å²) < 4.78 is 11.3. The highest BCUT2D eigenvalue weighted by Gasteiger charge is 2.47. The van der Waals surface area contributed by atoms with E-state index in [9.17, 15) is 14.7 Å². The molecule has 2 aliphatic heterocycles. The number of furan rings is 1. The number of aryl methyl sites for hydroxylation is 3. The van der Waals surface area contributed by atoms with Gasteiger partial charge in [-0.1, -0.05) is 23.8 Å². The summed E-state index contributed by atoms with van der Waals surface area (Å²) in [6.45, 7) is 4.86. The van der Waals surface area contributed by atoms with Gasteiger partial charge in [-0.3, -0.25) is 9.59 Å². The number of likely N-dealkylation sites (tertiary alicyclic amines) is 1. The SMILES string of the molecule is Cc1ccc(C)c(CN2C(=O)C(=O)/C(=C(\O)c3ccc4c(c3)CCCO4)C2c2ccco2)c1. The van der Waals surface area contributed by atoms with Crippen LogP contribution < -0.4 is 4.74 Å². The van der Waals surface area contributed by atoms with E-state index in [0.717, 1.165) is 40.8 Å². The van der Waals surface area contributed by atoms with Gasteiger partial charge in [0.05, 0.1) is 18.4 Å². The van der Waals surface area contributed by atoms with Crippen molar-refractivity contribution in [2.45, 2.75) is 39.3 Å². The number of benzene rings is 2. The molecule has 1 amide bonds. The summed E-state index contributed by atoms with van der Waals surface area (Å²) in [6.07, 6.45) is 3.23. The summed E-state index contributed by atoms with van der Waals surface area (Å²) in [4.78, 5) is 27.8. The molecule has 168 valence electrons. The van der Waals surface area contributed by atoms with Crippen LogP contribution in [-0.2, 0) is 22.6 Å². The molecule has 1 N–H and O–H groups in total. The fourth-order valence-corrected chi connectivity index (χ4v) is 4.60. The topological polar surface area (TPSA) is 80.0 Å². The van der Waals surface area contributed by atoms with E-state index in [1.165, 1.54) is 11.2 Å². The van der Waals surface area contributed by atoms with E-state index in [1.807, 2.05) is 38.1 Å². The number of fused-ring (bicyclic) bond motifs is 1. The summed E-state index contributed by atoms with van der Waals surface area (Å²) in [7, 11) is 0. The summed E-state index contributed by atoms with van der Waals surface area (Å²) >= 11 is 0. The molecule has 0 radical (unpaired) electrons. The number of rotatable bonds is 4. The lowest BCUT2D eigenvalue weighted by Crippen LogP contribution is -2.29. The summed E-state index contributed by atoms with van der Waals surface area (Å²) in [5.74, 6) is -0.349. The number of ketones is 1. The normalized spacial score (nSPS) is 19.5. The molecule has 6 nitrogen and oxygen atoms in total. The lowest BCUT2D eigenvalue weighted by Gasteiger charge is -2.24. The van der Waals surface area contributed by atoms with Crippen LogP contribution in [0.25, 0.3) is 5.76 Å². The molecule has 3 heterocycles. The standard InChI is InChI=1S/C27H25NO5/c1-16-7-8-17(2)20(13-16)15-28-24(22-6-4-12-33-22)23(26(30)27(28)31)25(29)19-9-10-21-18(14-19)5-3-11-32-21/h4,6-10,12-14,24,29H,3,5,11,15H2,1-2H3/b25-23-. The minimum atomic E-state index is -0.813. The molecule has 1 saturated heterocycles. The van der Waals surface area contributed by atoms with Crippen molar-refractivity contribution in [1.29, 1.82) is 0 Å². The minimum Gasteiger partial charge on any atom is -0.507 e. The number of hydrogen-bond acceptors (Lipinski definition) is 5. The van der Waals surface area contributed by atoms with Crippen molar-refractivity contribution < 1.29 is 23.8 Å². The van der Waals surface area contributed by atoms with Crippen LogP contribution in [0.2, 0.25) is 0 Å². The Kier molecular flexibility index (Phi) is 5.29. The van der Waals surface area contributed by atoms with Crippen LogP contribution in [0.1, 0.15) is 46.0 Å². The quantitative estimate of drug-likeness (QED) is 0.354. The van der Waals surface area contributed by atoms with Crippen molar-refractivity contribution in [3.63, 3.8) is 0 Å². The van der Waals surface area contributed by atoms with E-state index in [2.05, 4.69) is 0 Å². The van der Waals surface area contributed by atoms with Crippen molar-refractivity contribution in [3.8, 4) is 5.75 Å². The monoisotopic (exact) mass is 443 g/mol. The van der Waals surface area contributed by atoms with Gasteiger partial charge < -0.3 is 19.2 Å². The minimum absolute atomic E-state index is 0.0388. The zero-order chi connectivity index (χ0) is 23.1. The second kappa shape index (κ2) is 8.28. The number of Topliss-reactive ketones (excluding diaryl/α,β-unsaturated/α-hetero) is 1. The van der Waals surface area contributed by atoms with E-state index in [1.54, 1.807) is 24.3 Å². The molecule has 0 bridgehead atoms. The molecule has 6 heteroatoms. The van der Waals surface area contributed by atoms with Gasteiger partial charge in [-0.2, -0.15) is 0 Å². The molecular weight excluding hydrogens is 418 g/mol. The lowest BCUT2D eigenvalue weighted by molar-refractivity contribution is -0.140. The highest BCUT2D eigenvalue weighted by Crippen LogP contribution is 2.41. The molecule has 1 unspecified atom stereocenters. The van der Waals surface area contributed by atoms with Gasteiger partial charge in [-0.15, -0.1) is 0 Å². The maximum absolute atomic E-state index is 13.2. The number of aliphatic hydroxyl groups excluding tert-OH is 1. The zero-order valence-corrected chi connectivity index (χ0v) is 18.6. The average molecular weight is 443 g/mol. The van der Waals surface area contributed by atoms with Crippen LogP contribution in [0.4, 0.5) is 0 Å². The van der Waals surface area contributed by atoms with Crippen molar-refractivity contribution in [3.05, 3.63) is 93.9 Å². The van der Waals surface area contributed by atoms with Crippen LogP contribution in [0.3, 0.4) is 0 Å². The van der Waals surface area contributed by atoms with Gasteiger partial charge in [0.25, 0.3) is 11.7 Å². The molecule has 1 aromatic heterocycles. The molecule has 33 heavy (non-hydrogen) atoms. The van der Waals surface area contributed by atoms with E-state index < -0.39 is 17.7 Å². The lowest BCUT2D eigenvalue weighted by atomic mass is 9.96. The molecule has 2 aliphatic rings. The number of carbonyl (C=O) groups excluding carboxylic acids is 2. The molecule has 0 saturated carbocycles. The molecule has 2 aromatic carbocycles. The van der Waals surface area contributed by atoms with Crippen molar-refractivity contribution in [2.24, 2.45) is 0 Å². The Morgan fingerprint density at radius 2 is 1.97 bits per heavy atom. The fraction of sp³-hybridized carbons (Fsp3) is 0.259. The highest BCUT2D eigenvalue weighted by molar-refractivity contribution is 6.46. The third-order valence-corrected chi connectivity index (χ3v) is 6.38. The molecular formula is C27H25NO5. The van der Waals surface area contributed by atoms with E-state index in [4.69, 9.17) is 9.15 Å². The highest BCUT2D eigenvalue weighted by atomic mass is 16.5. The van der Waals surface area contributed by atoms with Crippen LogP contribution in [0.5, 0.6) is 5.75 Å². The van der Waals surface area contributed by atoms with Crippen molar-refractivity contribution >= 4 is 17.4 Å². The fourth-order valence-electron chi connectivity index (χ4n) is 4.60. The van der Waals surface area contributed by atoms with Crippen LogP contribution in [0.15, 0.2) is 64.8 Å². The molecule has 0 aliphatic carbocycles. The number of aliphatic hydroxyl groups is 1. The summed E-state index contributed by atoms with van der Waals surface area (Å²) in [5.41, 5.74) is 4.54. The van der Waals surface area contributed by atoms with E-state index >= 15 is 0 Å². The molecule has 5 rings (SSSR count). The average Bonchev–Trinajstić information content (AvgIpc) is 3.43. The van der Waals surface area contributed by atoms with Gasteiger partial charge in [-0.05, 0) is 73.7 Å². The second-order valence-electron chi connectivity index (χ2n) is 8.65. The second-order valence-corrected chi connectivity index (χ2v) is 8.65. The van der Waals surface area contributed by atoms with Gasteiger partial charge in [0.1, 0.15) is 23.3 Å². The van der Waals surface area contributed by atoms with E-state index in [-0.39, 0.29) is 17.9 Å². The largest absolute Gasteiger partial charge is 0.507 e. The van der Waals surface area contributed by atoms with Crippen LogP contribution >= 0.6 is 0 Å². The number of nitrogens with zero attached hydrogens (tertiary/aromatic N) is 1. The number of carbonyl (C=O) groups is 2. The van der Waals surface area contributed by atoms with Crippen molar-refractivity contribution in [1.82, 2.24) is 4.90 Å². The van der Waals surface area contributed by atoms with Crippen molar-refractivity contribution in [2.75, 3.05) is 6.61 Å². The smallest absolute Gasteiger partial charge is 0.296 e.